The monoisotopic (exact) mass is 456 g/mol. The summed E-state index contributed by atoms with van der Waals surface area (Å²) in [4.78, 5) is 27.3. The number of benzene rings is 2. The van der Waals surface area contributed by atoms with Crippen LogP contribution in [0.3, 0.4) is 0 Å². The molecule has 0 saturated heterocycles. The van der Waals surface area contributed by atoms with Gasteiger partial charge in [0.05, 0.1) is 21.4 Å². The van der Waals surface area contributed by atoms with E-state index in [9.17, 15) is 9.59 Å². The third-order valence-electron chi connectivity index (χ3n) is 7.49. The number of anilines is 2. The minimum Gasteiger partial charge on any atom is -0.324 e. The van der Waals surface area contributed by atoms with Crippen molar-refractivity contribution in [2.45, 2.75) is 38.5 Å². The van der Waals surface area contributed by atoms with E-state index in [1.54, 1.807) is 24.3 Å². The highest BCUT2D eigenvalue weighted by Gasteiger charge is 2.58. The molecule has 31 heavy (non-hydrogen) atoms. The van der Waals surface area contributed by atoms with E-state index in [-0.39, 0.29) is 17.2 Å². The predicted octanol–water partition coefficient (Wildman–Crippen LogP) is 6.40. The second-order valence-corrected chi connectivity index (χ2v) is 10.5. The van der Waals surface area contributed by atoms with E-state index in [0.717, 1.165) is 19.3 Å². The molecule has 4 nitrogen and oxygen atoms in total. The van der Waals surface area contributed by atoms with Crippen LogP contribution in [0.1, 0.15) is 38.5 Å². The lowest BCUT2D eigenvalue weighted by Crippen LogP contribution is -2.55. The Kier molecular flexibility index (Phi) is 5.47. The van der Waals surface area contributed by atoms with Gasteiger partial charge in [-0.25, -0.2) is 0 Å². The van der Waals surface area contributed by atoms with Crippen molar-refractivity contribution < 1.29 is 9.59 Å². The normalized spacial score (nSPS) is 28.5. The van der Waals surface area contributed by atoms with Crippen LogP contribution in [-0.2, 0) is 9.59 Å². The third kappa shape index (κ3) is 3.96. The van der Waals surface area contributed by atoms with E-state index in [2.05, 4.69) is 10.6 Å². The van der Waals surface area contributed by atoms with Gasteiger partial charge in [0, 0.05) is 0 Å². The second-order valence-electron chi connectivity index (χ2n) is 9.65. The Balaban J connectivity index is 1.48. The molecule has 0 atom stereocenters. The number of halogens is 2. The van der Waals surface area contributed by atoms with E-state index < -0.39 is 5.92 Å². The third-order valence-corrected chi connectivity index (χ3v) is 8.14. The molecule has 2 N–H and O–H groups in total. The van der Waals surface area contributed by atoms with Crippen LogP contribution < -0.4 is 10.6 Å². The molecular weight excluding hydrogens is 431 g/mol. The zero-order chi connectivity index (χ0) is 21.6. The number of carbonyl (C=O) groups is 2. The van der Waals surface area contributed by atoms with Crippen molar-refractivity contribution in [3.8, 4) is 0 Å². The largest absolute Gasteiger partial charge is 0.324 e. The van der Waals surface area contributed by atoms with Crippen molar-refractivity contribution in [3.63, 3.8) is 0 Å². The van der Waals surface area contributed by atoms with Crippen molar-refractivity contribution in [2.24, 2.45) is 29.1 Å². The van der Waals surface area contributed by atoms with Gasteiger partial charge in [0.15, 0.2) is 0 Å². The fourth-order valence-corrected chi connectivity index (χ4v) is 7.11. The average molecular weight is 457 g/mol. The summed E-state index contributed by atoms with van der Waals surface area (Å²) in [5.74, 6) is 0.521. The van der Waals surface area contributed by atoms with Gasteiger partial charge in [-0.15, -0.1) is 0 Å². The quantitative estimate of drug-likeness (QED) is 0.511. The van der Waals surface area contributed by atoms with Crippen molar-refractivity contribution in [1.29, 1.82) is 0 Å². The van der Waals surface area contributed by atoms with Gasteiger partial charge in [-0.1, -0.05) is 47.5 Å². The first kappa shape index (κ1) is 20.8. The molecule has 4 saturated carbocycles. The number of rotatable bonds is 5. The smallest absolute Gasteiger partial charge is 0.237 e. The summed E-state index contributed by atoms with van der Waals surface area (Å²) in [6.07, 6.45) is 6.54. The van der Waals surface area contributed by atoms with Crippen molar-refractivity contribution in [2.75, 3.05) is 10.6 Å². The highest BCUT2D eigenvalue weighted by Crippen LogP contribution is 2.63. The molecule has 6 heteroatoms. The molecule has 4 bridgehead atoms. The Morgan fingerprint density at radius 2 is 1.13 bits per heavy atom. The number of nitrogens with one attached hydrogen (secondary N) is 2. The van der Waals surface area contributed by atoms with Crippen LogP contribution in [0.2, 0.25) is 10.0 Å². The fourth-order valence-electron chi connectivity index (χ4n) is 6.74. The molecule has 4 aliphatic rings. The summed E-state index contributed by atoms with van der Waals surface area (Å²) in [6, 6.07) is 14.3. The van der Waals surface area contributed by atoms with Crippen LogP contribution in [-0.4, -0.2) is 11.8 Å². The topological polar surface area (TPSA) is 58.2 Å². The first-order chi connectivity index (χ1) is 14.9. The van der Waals surface area contributed by atoms with Gasteiger partial charge in [0.25, 0.3) is 0 Å². The lowest BCUT2D eigenvalue weighted by Gasteiger charge is -2.58. The first-order valence-electron chi connectivity index (χ1n) is 11.0. The van der Waals surface area contributed by atoms with E-state index in [1.807, 2.05) is 24.3 Å². The van der Waals surface area contributed by atoms with E-state index in [0.29, 0.717) is 39.2 Å². The van der Waals surface area contributed by atoms with Crippen LogP contribution in [0.4, 0.5) is 11.4 Å². The molecule has 0 unspecified atom stereocenters. The molecule has 0 spiro atoms. The highest BCUT2D eigenvalue weighted by atomic mass is 35.5. The van der Waals surface area contributed by atoms with Crippen molar-refractivity contribution >= 4 is 46.4 Å². The number of para-hydroxylation sites is 2. The summed E-state index contributed by atoms with van der Waals surface area (Å²) in [6.45, 7) is 0. The summed E-state index contributed by atoms with van der Waals surface area (Å²) >= 11 is 12.6. The summed E-state index contributed by atoms with van der Waals surface area (Å²) < 4.78 is 0. The molecule has 2 amide bonds. The van der Waals surface area contributed by atoms with Gasteiger partial charge in [-0.2, -0.15) is 0 Å². The molecule has 0 radical (unpaired) electrons. The molecule has 0 heterocycles. The zero-order valence-electron chi connectivity index (χ0n) is 17.2. The molecule has 0 aromatic heterocycles. The van der Waals surface area contributed by atoms with Gasteiger partial charge in [-0.05, 0) is 86.0 Å². The minimum absolute atomic E-state index is 0.278. The van der Waals surface area contributed by atoms with E-state index in [4.69, 9.17) is 23.2 Å². The molecule has 6 rings (SSSR count). The van der Waals surface area contributed by atoms with Crippen LogP contribution in [0.15, 0.2) is 48.5 Å². The second kappa shape index (κ2) is 8.14. The Bertz CT molecular complexity index is 927. The van der Waals surface area contributed by atoms with Crippen LogP contribution in [0.25, 0.3) is 0 Å². The maximum Gasteiger partial charge on any atom is 0.237 e. The average Bonchev–Trinajstić information content (AvgIpc) is 2.70. The molecule has 4 aliphatic carbocycles. The maximum absolute atomic E-state index is 13.6. The predicted molar refractivity (Wildman–Crippen MR) is 124 cm³/mol. The minimum atomic E-state index is -0.784. The molecule has 4 fully saturated rings. The van der Waals surface area contributed by atoms with Crippen molar-refractivity contribution in [3.05, 3.63) is 58.6 Å². The van der Waals surface area contributed by atoms with E-state index >= 15 is 0 Å². The van der Waals surface area contributed by atoms with Gasteiger partial charge >= 0.3 is 0 Å². The standard InChI is InChI=1S/C25H26Cl2N2O2/c26-18-5-1-3-7-20(18)28-23(30)22(24(31)29-21-8-4-2-6-19(21)27)25-12-15-9-16(13-25)11-17(10-15)14-25/h1-8,15-17,22H,9-14H2,(H,28,30)(H,29,31). The summed E-state index contributed by atoms with van der Waals surface area (Å²) in [5, 5.41) is 6.83. The maximum atomic E-state index is 13.6. The van der Waals surface area contributed by atoms with Gasteiger partial charge in [-0.3, -0.25) is 9.59 Å². The number of hydrogen-bond donors (Lipinski definition) is 2. The number of amides is 2. The lowest BCUT2D eigenvalue weighted by molar-refractivity contribution is -0.147. The Hall–Kier alpha value is -2.04. The van der Waals surface area contributed by atoms with Gasteiger partial charge in [0.1, 0.15) is 5.92 Å². The lowest BCUT2D eigenvalue weighted by atomic mass is 9.46. The van der Waals surface area contributed by atoms with Crippen molar-refractivity contribution in [1.82, 2.24) is 0 Å². The highest BCUT2D eigenvalue weighted by molar-refractivity contribution is 6.34. The van der Waals surface area contributed by atoms with Crippen LogP contribution in [0.5, 0.6) is 0 Å². The first-order valence-corrected chi connectivity index (χ1v) is 11.8. The molecule has 162 valence electrons. The molecular formula is C25H26Cl2N2O2. The molecule has 2 aromatic rings. The summed E-state index contributed by atoms with van der Waals surface area (Å²) in [5.41, 5.74) is 0.773. The van der Waals surface area contributed by atoms with Crippen LogP contribution >= 0.6 is 23.2 Å². The number of hydrogen-bond acceptors (Lipinski definition) is 2. The Morgan fingerprint density at radius 1 is 0.742 bits per heavy atom. The van der Waals surface area contributed by atoms with Gasteiger partial charge < -0.3 is 10.6 Å². The Morgan fingerprint density at radius 3 is 1.52 bits per heavy atom. The van der Waals surface area contributed by atoms with E-state index in [1.165, 1.54) is 19.3 Å². The fraction of sp³-hybridized carbons (Fsp3) is 0.440. The summed E-state index contributed by atoms with van der Waals surface area (Å²) in [7, 11) is 0. The molecule has 2 aromatic carbocycles. The Labute approximate surface area is 192 Å². The zero-order valence-corrected chi connectivity index (χ0v) is 18.8. The van der Waals surface area contributed by atoms with Gasteiger partial charge in [0.2, 0.25) is 11.8 Å². The van der Waals surface area contributed by atoms with Crippen LogP contribution in [0, 0.1) is 29.1 Å². The SMILES string of the molecule is O=C(Nc1ccccc1Cl)C(C(=O)Nc1ccccc1Cl)C12CC3CC(CC(C3)C1)C2. The number of carbonyl (C=O) groups excluding carboxylic acids is 2. The molecule has 0 aliphatic heterocycles.